The number of carbonyl (C=O) groups excluding carboxylic acids is 1. The van der Waals surface area contributed by atoms with Crippen LogP contribution in [0.3, 0.4) is 0 Å². The molecule has 0 atom stereocenters. The number of aromatic nitrogens is 2. The van der Waals surface area contributed by atoms with Crippen LogP contribution in [-0.4, -0.2) is 22.4 Å². The zero-order chi connectivity index (χ0) is 17.2. The summed E-state index contributed by atoms with van der Waals surface area (Å²) in [6.07, 6.45) is 4.88. The van der Waals surface area contributed by atoms with Gasteiger partial charge < -0.3 is 16.8 Å². The van der Waals surface area contributed by atoms with E-state index in [4.69, 9.17) is 11.5 Å². The van der Waals surface area contributed by atoms with E-state index < -0.39 is 0 Å². The second-order valence-electron chi connectivity index (χ2n) is 5.17. The van der Waals surface area contributed by atoms with Gasteiger partial charge in [0.25, 0.3) is 0 Å². The van der Waals surface area contributed by atoms with Gasteiger partial charge in [-0.2, -0.15) is 4.98 Å². The molecule has 6 nitrogen and oxygen atoms in total. The minimum Gasteiger partial charge on any atom is -0.383 e. The van der Waals surface area contributed by atoms with Crippen LogP contribution in [0.5, 0.6) is 0 Å². The predicted octanol–water partition coefficient (Wildman–Crippen LogP) is 2.64. The van der Waals surface area contributed by atoms with Crippen molar-refractivity contribution in [1.82, 2.24) is 15.3 Å². The smallest absolute Gasteiger partial charge is 0.222 e. The molecule has 2 aromatic rings. The molecule has 0 saturated carbocycles. The number of rotatable bonds is 5. The van der Waals surface area contributed by atoms with Crippen LogP contribution in [0.4, 0.5) is 16.2 Å². The molecular formula is C16H24FN5O. The van der Waals surface area contributed by atoms with Crippen molar-refractivity contribution >= 4 is 28.6 Å². The Morgan fingerprint density at radius 3 is 2.61 bits per heavy atom. The quantitative estimate of drug-likeness (QED) is 0.734. The van der Waals surface area contributed by atoms with Gasteiger partial charge in [0.2, 0.25) is 11.9 Å². The van der Waals surface area contributed by atoms with Crippen molar-refractivity contribution in [3.8, 4) is 0 Å². The Bertz CT molecular complexity index is 642. The monoisotopic (exact) mass is 321 g/mol. The Balaban J connectivity index is 0.000000241. The maximum absolute atomic E-state index is 12.8. The summed E-state index contributed by atoms with van der Waals surface area (Å²) in [6.45, 7) is 4.58. The number of nitrogens with zero attached hydrogens (tertiary/aromatic N) is 2. The number of carbonyl (C=O) groups is 1. The van der Waals surface area contributed by atoms with Gasteiger partial charge in [0.1, 0.15) is 11.6 Å². The number of benzene rings is 1. The van der Waals surface area contributed by atoms with E-state index in [0.717, 1.165) is 13.0 Å². The molecule has 2 rings (SSSR count). The van der Waals surface area contributed by atoms with Gasteiger partial charge in [-0.3, -0.25) is 4.79 Å². The van der Waals surface area contributed by atoms with E-state index in [2.05, 4.69) is 22.2 Å². The van der Waals surface area contributed by atoms with Gasteiger partial charge in [-0.25, -0.2) is 9.37 Å². The van der Waals surface area contributed by atoms with Crippen LogP contribution in [-0.2, 0) is 4.79 Å². The summed E-state index contributed by atoms with van der Waals surface area (Å²) in [6, 6.07) is 4.10. The number of unbranched alkanes of at least 4 members (excludes halogenated alkanes) is 3. The SMILES string of the molecule is CCCCCCNC(C)=O.Nc1nc(N)c2ccc(F)cc2n1. The second kappa shape index (κ2) is 9.55. The van der Waals surface area contributed by atoms with Gasteiger partial charge in [0.05, 0.1) is 5.52 Å². The molecule has 0 saturated heterocycles. The number of fused-ring (bicyclic) bond motifs is 1. The van der Waals surface area contributed by atoms with Crippen molar-refractivity contribution in [1.29, 1.82) is 0 Å². The van der Waals surface area contributed by atoms with Crippen LogP contribution in [0.2, 0.25) is 0 Å². The third-order valence-electron chi connectivity index (χ3n) is 3.11. The Morgan fingerprint density at radius 2 is 1.96 bits per heavy atom. The fourth-order valence-electron chi connectivity index (χ4n) is 1.96. The van der Waals surface area contributed by atoms with Gasteiger partial charge in [0, 0.05) is 24.9 Å². The first-order valence-corrected chi connectivity index (χ1v) is 7.66. The molecular weight excluding hydrogens is 297 g/mol. The Morgan fingerprint density at radius 1 is 1.22 bits per heavy atom. The molecule has 126 valence electrons. The van der Waals surface area contributed by atoms with Crippen LogP contribution >= 0.6 is 0 Å². The van der Waals surface area contributed by atoms with E-state index >= 15 is 0 Å². The standard InChI is InChI=1S/C8H7FN4.C8H17NO/c9-4-1-2-5-6(3-4)12-8(11)13-7(5)10;1-3-4-5-6-7-9-8(2)10/h1-3H,(H4,10,11,12,13);3-7H2,1-2H3,(H,9,10). The van der Waals surface area contributed by atoms with Crippen molar-refractivity contribution in [3.05, 3.63) is 24.0 Å². The molecule has 0 aliphatic rings. The molecule has 0 fully saturated rings. The molecule has 0 unspecified atom stereocenters. The highest BCUT2D eigenvalue weighted by molar-refractivity contribution is 5.88. The average molecular weight is 321 g/mol. The maximum Gasteiger partial charge on any atom is 0.222 e. The third kappa shape index (κ3) is 6.90. The molecule has 0 aliphatic carbocycles. The number of nitrogens with one attached hydrogen (secondary N) is 1. The summed E-state index contributed by atoms with van der Waals surface area (Å²) in [5, 5.41) is 3.37. The summed E-state index contributed by atoms with van der Waals surface area (Å²) in [5.41, 5.74) is 11.3. The maximum atomic E-state index is 12.8. The minimum atomic E-state index is -0.370. The first kappa shape index (κ1) is 18.6. The summed E-state index contributed by atoms with van der Waals surface area (Å²) < 4.78 is 12.8. The molecule has 0 spiro atoms. The lowest BCUT2D eigenvalue weighted by Crippen LogP contribution is -2.20. The average Bonchev–Trinajstić information content (AvgIpc) is 2.46. The van der Waals surface area contributed by atoms with Gasteiger partial charge >= 0.3 is 0 Å². The molecule has 1 aromatic heterocycles. The van der Waals surface area contributed by atoms with E-state index in [-0.39, 0.29) is 23.5 Å². The van der Waals surface area contributed by atoms with E-state index in [0.29, 0.717) is 10.9 Å². The number of nitrogen functional groups attached to an aromatic ring is 2. The molecule has 23 heavy (non-hydrogen) atoms. The normalized spacial score (nSPS) is 10.0. The van der Waals surface area contributed by atoms with E-state index in [9.17, 15) is 9.18 Å². The van der Waals surface area contributed by atoms with Crippen molar-refractivity contribution in [2.45, 2.75) is 39.5 Å². The zero-order valence-corrected chi connectivity index (χ0v) is 13.6. The molecule has 1 amide bonds. The Kier molecular flexibility index (Phi) is 7.73. The summed E-state index contributed by atoms with van der Waals surface area (Å²) in [5.74, 6) is 0.0274. The minimum absolute atomic E-state index is 0.0515. The first-order valence-electron chi connectivity index (χ1n) is 7.66. The molecule has 5 N–H and O–H groups in total. The molecule has 0 bridgehead atoms. The fourth-order valence-corrected chi connectivity index (χ4v) is 1.96. The predicted molar refractivity (Wildman–Crippen MR) is 91.1 cm³/mol. The fraction of sp³-hybridized carbons (Fsp3) is 0.438. The van der Waals surface area contributed by atoms with Crippen molar-refractivity contribution in [2.24, 2.45) is 0 Å². The van der Waals surface area contributed by atoms with Crippen molar-refractivity contribution in [3.63, 3.8) is 0 Å². The van der Waals surface area contributed by atoms with E-state index in [1.807, 2.05) is 0 Å². The molecule has 7 heteroatoms. The number of amides is 1. The van der Waals surface area contributed by atoms with Crippen LogP contribution in [0.25, 0.3) is 10.9 Å². The zero-order valence-electron chi connectivity index (χ0n) is 13.6. The molecule has 1 heterocycles. The van der Waals surface area contributed by atoms with Crippen molar-refractivity contribution < 1.29 is 9.18 Å². The number of anilines is 2. The number of hydrogen-bond donors (Lipinski definition) is 3. The summed E-state index contributed by atoms with van der Waals surface area (Å²) in [4.78, 5) is 18.0. The number of halogens is 1. The van der Waals surface area contributed by atoms with Crippen LogP contribution in [0.15, 0.2) is 18.2 Å². The molecule has 0 radical (unpaired) electrons. The van der Waals surface area contributed by atoms with Crippen LogP contribution < -0.4 is 16.8 Å². The molecule has 1 aromatic carbocycles. The lowest BCUT2D eigenvalue weighted by Gasteiger charge is -2.01. The topological polar surface area (TPSA) is 107 Å². The number of hydrogen-bond acceptors (Lipinski definition) is 5. The largest absolute Gasteiger partial charge is 0.383 e. The Hall–Kier alpha value is -2.44. The van der Waals surface area contributed by atoms with Gasteiger partial charge in [-0.1, -0.05) is 26.2 Å². The second-order valence-corrected chi connectivity index (χ2v) is 5.17. The van der Waals surface area contributed by atoms with E-state index in [1.54, 1.807) is 6.92 Å². The Labute approximate surface area is 135 Å². The first-order chi connectivity index (χ1) is 10.9. The highest BCUT2D eigenvalue weighted by Crippen LogP contribution is 2.18. The third-order valence-corrected chi connectivity index (χ3v) is 3.11. The van der Waals surface area contributed by atoms with Crippen LogP contribution in [0.1, 0.15) is 39.5 Å². The summed E-state index contributed by atoms with van der Waals surface area (Å²) >= 11 is 0. The molecule has 0 aliphatic heterocycles. The van der Waals surface area contributed by atoms with Gasteiger partial charge in [-0.15, -0.1) is 0 Å². The van der Waals surface area contributed by atoms with Crippen LogP contribution in [0, 0.1) is 5.82 Å². The van der Waals surface area contributed by atoms with Gasteiger partial charge in [-0.05, 0) is 18.6 Å². The highest BCUT2D eigenvalue weighted by atomic mass is 19.1. The highest BCUT2D eigenvalue weighted by Gasteiger charge is 2.03. The summed E-state index contributed by atoms with van der Waals surface area (Å²) in [7, 11) is 0. The van der Waals surface area contributed by atoms with Gasteiger partial charge in [0.15, 0.2) is 0 Å². The van der Waals surface area contributed by atoms with Crippen molar-refractivity contribution in [2.75, 3.05) is 18.0 Å². The van der Waals surface area contributed by atoms with E-state index in [1.165, 1.54) is 37.5 Å². The lowest BCUT2D eigenvalue weighted by molar-refractivity contribution is -0.118. The number of nitrogens with two attached hydrogens (primary N) is 2. The lowest BCUT2D eigenvalue weighted by atomic mass is 10.2.